The van der Waals surface area contributed by atoms with E-state index < -0.39 is 0 Å². The highest BCUT2D eigenvalue weighted by molar-refractivity contribution is 5.90. The molecule has 0 saturated carbocycles. The molecule has 3 rings (SSSR count). The van der Waals surface area contributed by atoms with E-state index in [4.69, 9.17) is 4.74 Å². The predicted molar refractivity (Wildman–Crippen MR) is 106 cm³/mol. The predicted octanol–water partition coefficient (Wildman–Crippen LogP) is 4.35. The number of rotatable bonds is 5. The van der Waals surface area contributed by atoms with Crippen molar-refractivity contribution >= 4 is 17.4 Å². The van der Waals surface area contributed by atoms with E-state index in [0.29, 0.717) is 18.0 Å². The highest BCUT2D eigenvalue weighted by Crippen LogP contribution is 2.26. The summed E-state index contributed by atoms with van der Waals surface area (Å²) in [6.45, 7) is 2.75. The minimum atomic E-state index is -0.150. The minimum Gasteiger partial charge on any atom is -0.495 e. The summed E-state index contributed by atoms with van der Waals surface area (Å²) in [5.74, 6) is 0.656. The van der Waals surface area contributed by atoms with Crippen molar-refractivity contribution in [2.24, 2.45) is 0 Å². The molecule has 5 nitrogen and oxygen atoms in total. The van der Waals surface area contributed by atoms with Gasteiger partial charge in [0.05, 0.1) is 12.8 Å². The summed E-state index contributed by atoms with van der Waals surface area (Å²) < 4.78 is 5.30. The highest BCUT2D eigenvalue weighted by atomic mass is 16.5. The van der Waals surface area contributed by atoms with E-state index >= 15 is 0 Å². The molecule has 1 aliphatic rings. The number of methoxy groups -OCH3 is 1. The molecule has 1 heterocycles. The second kappa shape index (κ2) is 8.61. The Hall–Kier alpha value is -2.69. The molecule has 0 spiro atoms. The Morgan fingerprint density at radius 2 is 1.77 bits per heavy atom. The Kier molecular flexibility index (Phi) is 6.00. The summed E-state index contributed by atoms with van der Waals surface area (Å²) >= 11 is 0. The van der Waals surface area contributed by atoms with Gasteiger partial charge in [-0.15, -0.1) is 0 Å². The number of urea groups is 1. The molecule has 0 unspecified atom stereocenters. The van der Waals surface area contributed by atoms with Gasteiger partial charge in [0.25, 0.3) is 0 Å². The monoisotopic (exact) mass is 353 g/mol. The lowest BCUT2D eigenvalue weighted by molar-refractivity contribution is 0.220. The number of benzene rings is 2. The van der Waals surface area contributed by atoms with Gasteiger partial charge in [0.15, 0.2) is 0 Å². The van der Waals surface area contributed by atoms with Gasteiger partial charge in [0.2, 0.25) is 0 Å². The van der Waals surface area contributed by atoms with Crippen molar-refractivity contribution in [2.75, 3.05) is 37.5 Å². The van der Waals surface area contributed by atoms with Crippen LogP contribution in [-0.4, -0.2) is 38.2 Å². The molecule has 1 N–H and O–H groups in total. The number of hydrogen-bond donors (Lipinski definition) is 1. The maximum Gasteiger partial charge on any atom is 0.321 e. The number of anilines is 2. The second-order valence-corrected chi connectivity index (χ2v) is 6.66. The molecule has 1 saturated heterocycles. The van der Waals surface area contributed by atoms with Crippen LogP contribution in [0.4, 0.5) is 16.2 Å². The minimum absolute atomic E-state index is 0.150. The van der Waals surface area contributed by atoms with Crippen molar-refractivity contribution in [2.45, 2.75) is 25.8 Å². The summed E-state index contributed by atoms with van der Waals surface area (Å²) in [6.07, 6.45) is 3.77. The molecular formula is C21H27N3O2. The number of nitrogens with one attached hydrogen (secondary N) is 1. The molecule has 2 amide bonds. The topological polar surface area (TPSA) is 44.8 Å². The normalized spacial score (nSPS) is 14.0. The summed E-state index contributed by atoms with van der Waals surface area (Å²) in [6, 6.07) is 15.7. The number of amides is 2. The fourth-order valence-corrected chi connectivity index (χ4v) is 3.37. The Morgan fingerprint density at radius 3 is 2.54 bits per heavy atom. The van der Waals surface area contributed by atoms with Crippen LogP contribution >= 0.6 is 0 Å². The third-order valence-electron chi connectivity index (χ3n) is 4.79. The Labute approximate surface area is 155 Å². The maximum atomic E-state index is 12.6. The first-order valence-electron chi connectivity index (χ1n) is 9.17. The lowest BCUT2D eigenvalue weighted by Gasteiger charge is -2.31. The SMILES string of the molecule is COc1ccccc1NC(=O)N(C)Cc1ccccc1N1CCCCC1. The van der Waals surface area contributed by atoms with Gasteiger partial charge in [-0.1, -0.05) is 30.3 Å². The molecule has 138 valence electrons. The van der Waals surface area contributed by atoms with E-state index in [1.165, 1.54) is 30.5 Å². The molecule has 1 fully saturated rings. The van der Waals surface area contributed by atoms with Crippen LogP contribution in [0.2, 0.25) is 0 Å². The van der Waals surface area contributed by atoms with E-state index in [-0.39, 0.29) is 6.03 Å². The highest BCUT2D eigenvalue weighted by Gasteiger charge is 2.17. The van der Waals surface area contributed by atoms with E-state index in [1.54, 1.807) is 12.0 Å². The number of nitrogens with zero attached hydrogens (tertiary/aromatic N) is 2. The zero-order valence-corrected chi connectivity index (χ0v) is 15.6. The number of para-hydroxylation sites is 3. The van der Waals surface area contributed by atoms with Crippen molar-refractivity contribution < 1.29 is 9.53 Å². The summed E-state index contributed by atoms with van der Waals surface area (Å²) in [5, 5.41) is 2.93. The number of piperidine rings is 1. The smallest absolute Gasteiger partial charge is 0.321 e. The van der Waals surface area contributed by atoms with Crippen molar-refractivity contribution in [1.82, 2.24) is 4.90 Å². The van der Waals surface area contributed by atoms with Crippen molar-refractivity contribution in [3.8, 4) is 5.75 Å². The van der Waals surface area contributed by atoms with Crippen molar-refractivity contribution in [3.05, 3.63) is 54.1 Å². The van der Waals surface area contributed by atoms with Crippen LogP contribution in [0.15, 0.2) is 48.5 Å². The van der Waals surface area contributed by atoms with Crippen LogP contribution in [0.25, 0.3) is 0 Å². The van der Waals surface area contributed by atoms with Crippen LogP contribution in [-0.2, 0) is 6.54 Å². The zero-order valence-electron chi connectivity index (χ0n) is 15.6. The number of carbonyl (C=O) groups is 1. The number of carbonyl (C=O) groups excluding carboxylic acids is 1. The summed E-state index contributed by atoms with van der Waals surface area (Å²) in [7, 11) is 3.42. The molecule has 0 aromatic heterocycles. The molecule has 26 heavy (non-hydrogen) atoms. The average Bonchev–Trinajstić information content (AvgIpc) is 2.69. The van der Waals surface area contributed by atoms with E-state index in [2.05, 4.69) is 28.4 Å². The largest absolute Gasteiger partial charge is 0.495 e. The van der Waals surface area contributed by atoms with Crippen LogP contribution in [0.1, 0.15) is 24.8 Å². The molecule has 5 heteroatoms. The van der Waals surface area contributed by atoms with E-state index in [1.807, 2.05) is 37.4 Å². The van der Waals surface area contributed by atoms with E-state index in [9.17, 15) is 4.79 Å². The number of hydrogen-bond acceptors (Lipinski definition) is 3. The van der Waals surface area contributed by atoms with Gasteiger partial charge in [-0.3, -0.25) is 0 Å². The van der Waals surface area contributed by atoms with Crippen molar-refractivity contribution in [1.29, 1.82) is 0 Å². The van der Waals surface area contributed by atoms with Gasteiger partial charge in [0.1, 0.15) is 5.75 Å². The molecule has 0 aliphatic carbocycles. The van der Waals surface area contributed by atoms with Gasteiger partial charge in [-0.05, 0) is 43.0 Å². The third kappa shape index (κ3) is 4.28. The van der Waals surface area contributed by atoms with Gasteiger partial charge >= 0.3 is 6.03 Å². The fourth-order valence-electron chi connectivity index (χ4n) is 3.37. The second-order valence-electron chi connectivity index (χ2n) is 6.66. The standard InChI is InChI=1S/C21H27N3O2/c1-23(21(25)22-18-11-5-7-13-20(18)26-2)16-17-10-4-6-12-19(17)24-14-8-3-9-15-24/h4-7,10-13H,3,8-9,14-16H2,1-2H3,(H,22,25). The molecule has 0 radical (unpaired) electrons. The fraction of sp³-hybridized carbons (Fsp3) is 0.381. The van der Waals surface area contributed by atoms with E-state index in [0.717, 1.165) is 13.1 Å². The quantitative estimate of drug-likeness (QED) is 0.869. The van der Waals surface area contributed by atoms with Crippen LogP contribution in [0.3, 0.4) is 0 Å². The Bertz CT molecular complexity index is 742. The average molecular weight is 353 g/mol. The Morgan fingerprint density at radius 1 is 1.08 bits per heavy atom. The van der Waals surface area contributed by atoms with Crippen LogP contribution < -0.4 is 15.0 Å². The van der Waals surface area contributed by atoms with Gasteiger partial charge in [0, 0.05) is 32.4 Å². The van der Waals surface area contributed by atoms with Gasteiger partial charge in [-0.2, -0.15) is 0 Å². The molecule has 0 atom stereocenters. The maximum absolute atomic E-state index is 12.6. The first-order chi connectivity index (χ1) is 12.7. The molecule has 2 aromatic carbocycles. The molecule has 1 aliphatic heterocycles. The van der Waals surface area contributed by atoms with Gasteiger partial charge in [-0.25, -0.2) is 4.79 Å². The Balaban J connectivity index is 1.69. The van der Waals surface area contributed by atoms with Crippen molar-refractivity contribution in [3.63, 3.8) is 0 Å². The molecular weight excluding hydrogens is 326 g/mol. The van der Waals surface area contributed by atoms with Crippen LogP contribution in [0, 0.1) is 0 Å². The first kappa shape index (κ1) is 18.1. The summed E-state index contributed by atoms with van der Waals surface area (Å²) in [4.78, 5) is 16.8. The van der Waals surface area contributed by atoms with Crippen LogP contribution in [0.5, 0.6) is 5.75 Å². The lowest BCUT2D eigenvalue weighted by Crippen LogP contribution is -2.33. The number of ether oxygens (including phenoxy) is 1. The third-order valence-corrected chi connectivity index (χ3v) is 4.79. The first-order valence-corrected chi connectivity index (χ1v) is 9.17. The molecule has 0 bridgehead atoms. The summed E-state index contributed by atoms with van der Waals surface area (Å²) in [5.41, 5.74) is 3.09. The lowest BCUT2D eigenvalue weighted by atomic mass is 10.1. The molecule has 2 aromatic rings. The van der Waals surface area contributed by atoms with Gasteiger partial charge < -0.3 is 19.9 Å². The zero-order chi connectivity index (χ0) is 18.4.